The van der Waals surface area contributed by atoms with Crippen molar-refractivity contribution in [1.82, 2.24) is 0 Å². The van der Waals surface area contributed by atoms with Crippen LogP contribution in [0.3, 0.4) is 0 Å². The van der Waals surface area contributed by atoms with Gasteiger partial charge in [0.05, 0.1) is 0 Å². The standard InChI is InChI=1S/C8H8BrI.C8H9BrO/c2*9-8-3-1-7(2-4-8)5-6-10/h1-4H,5-6H2;1-4,10H,5-6H2. The monoisotopic (exact) mass is 510 g/mol. The molecule has 2 aromatic rings. The Balaban J connectivity index is 0.000000200. The number of aliphatic hydroxyl groups is 1. The van der Waals surface area contributed by atoms with Gasteiger partial charge in [0.25, 0.3) is 0 Å². The van der Waals surface area contributed by atoms with Gasteiger partial charge in [-0.05, 0) is 48.2 Å². The summed E-state index contributed by atoms with van der Waals surface area (Å²) in [4.78, 5) is 0. The predicted molar refractivity (Wildman–Crippen MR) is 102 cm³/mol. The van der Waals surface area contributed by atoms with Gasteiger partial charge in [-0.3, -0.25) is 0 Å². The predicted octanol–water partition coefficient (Wildman–Crippen LogP) is 5.41. The SMILES string of the molecule is Brc1ccc(CCI)cc1.OCCc1ccc(Br)cc1. The average molecular weight is 512 g/mol. The third kappa shape index (κ3) is 7.76. The summed E-state index contributed by atoms with van der Waals surface area (Å²) in [5.74, 6) is 0. The van der Waals surface area contributed by atoms with Crippen LogP contribution in [0.1, 0.15) is 11.1 Å². The van der Waals surface area contributed by atoms with Crippen molar-refractivity contribution in [2.24, 2.45) is 0 Å². The van der Waals surface area contributed by atoms with Gasteiger partial charge in [0.2, 0.25) is 0 Å². The Kier molecular flexibility index (Phi) is 9.76. The van der Waals surface area contributed by atoms with Crippen molar-refractivity contribution in [2.45, 2.75) is 12.8 Å². The van der Waals surface area contributed by atoms with E-state index in [4.69, 9.17) is 5.11 Å². The fraction of sp³-hybridized carbons (Fsp3) is 0.250. The van der Waals surface area contributed by atoms with Crippen LogP contribution in [0.15, 0.2) is 57.5 Å². The second kappa shape index (κ2) is 10.8. The third-order valence-electron chi connectivity index (χ3n) is 2.61. The second-order valence-electron chi connectivity index (χ2n) is 4.17. The van der Waals surface area contributed by atoms with Crippen molar-refractivity contribution in [1.29, 1.82) is 0 Å². The first-order valence-electron chi connectivity index (χ1n) is 6.31. The molecule has 0 aromatic heterocycles. The highest BCUT2D eigenvalue weighted by Gasteiger charge is 1.90. The summed E-state index contributed by atoms with van der Waals surface area (Å²) >= 11 is 9.12. The van der Waals surface area contributed by atoms with E-state index in [1.807, 2.05) is 24.3 Å². The van der Waals surface area contributed by atoms with E-state index < -0.39 is 0 Å². The van der Waals surface area contributed by atoms with Gasteiger partial charge in [-0.2, -0.15) is 0 Å². The molecule has 0 saturated carbocycles. The maximum absolute atomic E-state index is 8.58. The summed E-state index contributed by atoms with van der Waals surface area (Å²) in [6, 6.07) is 16.4. The molecule has 0 atom stereocenters. The molecule has 1 nitrogen and oxygen atoms in total. The molecule has 0 aliphatic carbocycles. The van der Waals surface area contributed by atoms with E-state index in [-0.39, 0.29) is 6.61 Å². The van der Waals surface area contributed by atoms with Crippen LogP contribution in [-0.2, 0) is 12.8 Å². The molecule has 0 aliphatic rings. The molecule has 4 heteroatoms. The highest BCUT2D eigenvalue weighted by atomic mass is 127. The van der Waals surface area contributed by atoms with E-state index in [9.17, 15) is 0 Å². The van der Waals surface area contributed by atoms with Crippen molar-refractivity contribution < 1.29 is 5.11 Å². The molecule has 2 rings (SSSR count). The molecular formula is C16H17Br2IO. The first kappa shape index (κ1) is 18.1. The normalized spacial score (nSPS) is 9.80. The molecule has 0 heterocycles. The summed E-state index contributed by atoms with van der Waals surface area (Å²) in [5.41, 5.74) is 2.59. The van der Waals surface area contributed by atoms with Gasteiger partial charge in [0.15, 0.2) is 0 Å². The number of alkyl halides is 1. The van der Waals surface area contributed by atoms with Gasteiger partial charge in [-0.25, -0.2) is 0 Å². The lowest BCUT2D eigenvalue weighted by atomic mass is 10.2. The first-order chi connectivity index (χ1) is 9.65. The second-order valence-corrected chi connectivity index (χ2v) is 7.08. The van der Waals surface area contributed by atoms with Crippen molar-refractivity contribution in [2.75, 3.05) is 11.0 Å². The van der Waals surface area contributed by atoms with Crippen LogP contribution in [0.4, 0.5) is 0 Å². The number of hydrogen-bond acceptors (Lipinski definition) is 1. The Morgan fingerprint density at radius 1 is 0.750 bits per heavy atom. The lowest BCUT2D eigenvalue weighted by Gasteiger charge is -1.96. The maximum atomic E-state index is 8.58. The van der Waals surface area contributed by atoms with Gasteiger partial charge in [-0.1, -0.05) is 78.7 Å². The minimum absolute atomic E-state index is 0.224. The number of benzene rings is 2. The van der Waals surface area contributed by atoms with Crippen LogP contribution < -0.4 is 0 Å². The number of aryl methyl sites for hydroxylation is 1. The fourth-order valence-corrected chi connectivity index (χ4v) is 2.69. The molecule has 0 bridgehead atoms. The number of halogens is 3. The highest BCUT2D eigenvalue weighted by Crippen LogP contribution is 2.11. The zero-order chi connectivity index (χ0) is 14.8. The van der Waals surface area contributed by atoms with E-state index in [0.717, 1.165) is 15.4 Å². The van der Waals surface area contributed by atoms with Crippen LogP contribution >= 0.6 is 54.5 Å². The Labute approximate surface area is 151 Å². The van der Waals surface area contributed by atoms with Crippen LogP contribution in [0.2, 0.25) is 0 Å². The molecule has 0 amide bonds. The molecular weight excluding hydrogens is 495 g/mol. The molecule has 1 N–H and O–H groups in total. The molecule has 108 valence electrons. The Morgan fingerprint density at radius 3 is 1.50 bits per heavy atom. The van der Waals surface area contributed by atoms with Crippen molar-refractivity contribution in [3.63, 3.8) is 0 Å². The van der Waals surface area contributed by atoms with Gasteiger partial charge in [-0.15, -0.1) is 0 Å². The molecule has 0 saturated heterocycles. The smallest absolute Gasteiger partial charge is 0.0471 e. The fourth-order valence-electron chi connectivity index (χ4n) is 1.54. The van der Waals surface area contributed by atoms with Gasteiger partial charge >= 0.3 is 0 Å². The van der Waals surface area contributed by atoms with Crippen LogP contribution in [0.5, 0.6) is 0 Å². The minimum atomic E-state index is 0.224. The zero-order valence-electron chi connectivity index (χ0n) is 11.0. The lowest BCUT2D eigenvalue weighted by Crippen LogP contribution is -1.88. The van der Waals surface area contributed by atoms with E-state index >= 15 is 0 Å². The number of hydrogen-bond donors (Lipinski definition) is 1. The molecule has 20 heavy (non-hydrogen) atoms. The van der Waals surface area contributed by atoms with Gasteiger partial charge in [0, 0.05) is 20.0 Å². The highest BCUT2D eigenvalue weighted by molar-refractivity contribution is 14.1. The third-order valence-corrected chi connectivity index (χ3v) is 4.21. The molecule has 0 aliphatic heterocycles. The van der Waals surface area contributed by atoms with Gasteiger partial charge in [0.1, 0.15) is 0 Å². The summed E-state index contributed by atoms with van der Waals surface area (Å²) in [6.07, 6.45) is 1.92. The van der Waals surface area contributed by atoms with Crippen LogP contribution in [0, 0.1) is 0 Å². The topological polar surface area (TPSA) is 20.2 Å². The molecule has 0 radical (unpaired) electrons. The van der Waals surface area contributed by atoms with E-state index in [0.29, 0.717) is 0 Å². The maximum Gasteiger partial charge on any atom is 0.0471 e. The Hall–Kier alpha value is 0.0900. The number of rotatable bonds is 4. The summed E-state index contributed by atoms with van der Waals surface area (Å²) < 4.78 is 3.43. The molecule has 0 spiro atoms. The minimum Gasteiger partial charge on any atom is -0.396 e. The van der Waals surface area contributed by atoms with Crippen LogP contribution in [0.25, 0.3) is 0 Å². The molecule has 0 unspecified atom stereocenters. The Morgan fingerprint density at radius 2 is 1.15 bits per heavy atom. The summed E-state index contributed by atoms with van der Waals surface area (Å²) in [7, 11) is 0. The van der Waals surface area contributed by atoms with E-state index in [1.165, 1.54) is 22.0 Å². The lowest BCUT2D eigenvalue weighted by molar-refractivity contribution is 0.299. The van der Waals surface area contributed by atoms with Crippen molar-refractivity contribution >= 4 is 54.5 Å². The van der Waals surface area contributed by atoms with Crippen molar-refractivity contribution in [3.8, 4) is 0 Å². The summed E-state index contributed by atoms with van der Waals surface area (Å²) in [5, 5.41) is 8.58. The van der Waals surface area contributed by atoms with Crippen molar-refractivity contribution in [3.05, 3.63) is 68.6 Å². The van der Waals surface area contributed by atoms with E-state index in [1.54, 1.807) is 0 Å². The van der Waals surface area contributed by atoms with Crippen LogP contribution in [-0.4, -0.2) is 16.1 Å². The average Bonchev–Trinajstić information content (AvgIpc) is 2.45. The quantitative estimate of drug-likeness (QED) is 0.430. The zero-order valence-corrected chi connectivity index (χ0v) is 16.4. The Bertz CT molecular complexity index is 435. The number of aliphatic hydroxyl groups excluding tert-OH is 1. The first-order valence-corrected chi connectivity index (χ1v) is 9.42. The molecule has 0 fully saturated rings. The largest absolute Gasteiger partial charge is 0.396 e. The van der Waals surface area contributed by atoms with E-state index in [2.05, 4.69) is 78.7 Å². The van der Waals surface area contributed by atoms with Gasteiger partial charge < -0.3 is 5.11 Å². The summed E-state index contributed by atoms with van der Waals surface area (Å²) in [6.45, 7) is 0.224. The molecule has 2 aromatic carbocycles.